The summed E-state index contributed by atoms with van der Waals surface area (Å²) in [6.07, 6.45) is 0.786. The Morgan fingerprint density at radius 2 is 1.89 bits per heavy atom. The molecule has 0 heterocycles. The molecule has 0 aliphatic heterocycles. The van der Waals surface area contributed by atoms with E-state index in [-0.39, 0.29) is 11.7 Å². The highest BCUT2D eigenvalue weighted by Gasteiger charge is 2.32. The molecule has 0 radical (unpaired) electrons. The molecule has 0 fully saturated rings. The maximum Gasteiger partial charge on any atom is 0.307 e. The fourth-order valence-corrected chi connectivity index (χ4v) is 4.44. The molecule has 0 aromatic heterocycles. The van der Waals surface area contributed by atoms with Crippen LogP contribution >= 0.6 is 0 Å². The second-order valence-corrected chi connectivity index (χ2v) is 8.68. The minimum atomic E-state index is -1.05. The molecule has 0 saturated heterocycles. The van der Waals surface area contributed by atoms with Gasteiger partial charge in [-0.05, 0) is 41.7 Å². The predicted octanol–water partition coefficient (Wildman–Crippen LogP) is 4.54. The Labute approximate surface area is 168 Å². The van der Waals surface area contributed by atoms with Crippen molar-refractivity contribution in [1.29, 1.82) is 0 Å². The van der Waals surface area contributed by atoms with Gasteiger partial charge in [0.25, 0.3) is 0 Å². The largest absolute Gasteiger partial charge is 0.430 e. The van der Waals surface area contributed by atoms with Crippen molar-refractivity contribution in [2.75, 3.05) is 5.75 Å². The smallest absolute Gasteiger partial charge is 0.307 e. The monoisotopic (exact) mass is 396 g/mol. The van der Waals surface area contributed by atoms with Gasteiger partial charge < -0.3 is 4.74 Å². The van der Waals surface area contributed by atoms with Crippen LogP contribution in [0.5, 0.6) is 0 Å². The Morgan fingerprint density at radius 3 is 2.57 bits per heavy atom. The number of carbonyl (C=O) groups is 2. The van der Waals surface area contributed by atoms with Gasteiger partial charge in [-0.1, -0.05) is 43.3 Å². The zero-order chi connectivity index (χ0) is 20.3. The van der Waals surface area contributed by atoms with Crippen molar-refractivity contribution in [1.82, 2.24) is 0 Å². The van der Waals surface area contributed by atoms with Crippen LogP contribution < -0.4 is 0 Å². The second-order valence-electron chi connectivity index (χ2n) is 6.94. The summed E-state index contributed by atoms with van der Waals surface area (Å²) in [5, 5.41) is 0. The number of hydrogen-bond donors (Lipinski definition) is 0. The number of hydrogen-bond acceptors (Lipinski definition) is 4. The molecular weight excluding hydrogens is 372 g/mol. The summed E-state index contributed by atoms with van der Waals surface area (Å²) in [7, 11) is -1.05. The Morgan fingerprint density at radius 1 is 1.14 bits per heavy atom. The minimum absolute atomic E-state index is 0.0381. The van der Waals surface area contributed by atoms with E-state index in [0.717, 1.165) is 21.6 Å². The average Bonchev–Trinajstić information content (AvgIpc) is 2.68. The van der Waals surface area contributed by atoms with Crippen molar-refractivity contribution >= 4 is 28.1 Å². The third kappa shape index (κ3) is 4.30. The Hall–Kier alpha value is -2.53. The van der Waals surface area contributed by atoms with Gasteiger partial charge in [0.2, 0.25) is 0 Å². The first-order chi connectivity index (χ1) is 13.4. The number of aryl methyl sites for hydroxylation is 1. The van der Waals surface area contributed by atoms with E-state index in [4.69, 9.17) is 4.74 Å². The van der Waals surface area contributed by atoms with E-state index >= 15 is 0 Å². The molecule has 3 rings (SSSR count). The summed E-state index contributed by atoms with van der Waals surface area (Å²) in [6.45, 7) is 5.17. The third-order valence-electron chi connectivity index (χ3n) is 4.96. The molecule has 2 atom stereocenters. The lowest BCUT2D eigenvalue weighted by Crippen LogP contribution is -2.20. The third-order valence-corrected chi connectivity index (χ3v) is 6.26. The molecule has 0 spiro atoms. The van der Waals surface area contributed by atoms with Gasteiger partial charge in [-0.3, -0.25) is 13.8 Å². The molecule has 1 aliphatic rings. The summed E-state index contributed by atoms with van der Waals surface area (Å²) < 4.78 is 17.7. The van der Waals surface area contributed by atoms with Crippen LogP contribution in [0.4, 0.5) is 0 Å². The highest BCUT2D eigenvalue weighted by molar-refractivity contribution is 7.85. The standard InChI is InChI=1S/C23H24O4S/c1-4-28(26)19-10-7-9-17(12-19)18-13-21(25)23(22(14-18)27-16(3)24)20-11-6-5-8-15(20)2/h5-12,18H,4,13-14H2,1-3H3. The van der Waals surface area contributed by atoms with Crippen LogP contribution in [0, 0.1) is 6.92 Å². The molecule has 0 bridgehead atoms. The highest BCUT2D eigenvalue weighted by Crippen LogP contribution is 2.40. The molecule has 4 nitrogen and oxygen atoms in total. The molecule has 0 saturated carbocycles. The molecule has 0 N–H and O–H groups in total. The molecule has 5 heteroatoms. The van der Waals surface area contributed by atoms with E-state index in [1.54, 1.807) is 0 Å². The second kappa shape index (κ2) is 8.65. The van der Waals surface area contributed by atoms with Crippen LogP contribution in [0.15, 0.2) is 59.2 Å². The maximum absolute atomic E-state index is 13.1. The van der Waals surface area contributed by atoms with Crippen LogP contribution in [-0.2, 0) is 25.1 Å². The number of carbonyl (C=O) groups excluding carboxylic acids is 2. The lowest BCUT2D eigenvalue weighted by Gasteiger charge is -2.27. The van der Waals surface area contributed by atoms with Crippen molar-refractivity contribution in [3.63, 3.8) is 0 Å². The van der Waals surface area contributed by atoms with Gasteiger partial charge in [0.05, 0.1) is 16.4 Å². The van der Waals surface area contributed by atoms with E-state index in [1.165, 1.54) is 6.92 Å². The van der Waals surface area contributed by atoms with Crippen LogP contribution in [-0.4, -0.2) is 21.7 Å². The zero-order valence-corrected chi connectivity index (χ0v) is 17.2. The number of ether oxygens (including phenoxy) is 1. The number of Topliss-reactive ketones (excluding diaryl/α,β-unsaturated/α-hetero) is 1. The van der Waals surface area contributed by atoms with E-state index in [2.05, 4.69) is 0 Å². The maximum atomic E-state index is 13.1. The summed E-state index contributed by atoms with van der Waals surface area (Å²) >= 11 is 0. The molecule has 2 unspecified atom stereocenters. The van der Waals surface area contributed by atoms with Gasteiger partial charge in [0.15, 0.2) is 5.78 Å². The lowest BCUT2D eigenvalue weighted by atomic mass is 9.80. The number of allylic oxidation sites excluding steroid dienone is 2. The number of benzene rings is 2. The van der Waals surface area contributed by atoms with E-state index in [1.807, 2.05) is 62.4 Å². The zero-order valence-electron chi connectivity index (χ0n) is 16.4. The van der Waals surface area contributed by atoms with Gasteiger partial charge in [-0.2, -0.15) is 0 Å². The molecule has 2 aromatic carbocycles. The molecule has 28 heavy (non-hydrogen) atoms. The SMILES string of the molecule is CCS(=O)c1cccc(C2CC(=O)C(c3ccccc3C)=C(OC(C)=O)C2)c1. The van der Waals surface area contributed by atoms with E-state index in [9.17, 15) is 13.8 Å². The lowest BCUT2D eigenvalue weighted by molar-refractivity contribution is -0.137. The number of esters is 1. The van der Waals surface area contributed by atoms with Crippen LogP contribution in [0.2, 0.25) is 0 Å². The molecule has 1 aliphatic carbocycles. The van der Waals surface area contributed by atoms with Gasteiger partial charge in [-0.15, -0.1) is 0 Å². The quantitative estimate of drug-likeness (QED) is 0.696. The Bertz CT molecular complexity index is 974. The first-order valence-corrected chi connectivity index (χ1v) is 10.7. The van der Waals surface area contributed by atoms with Crippen molar-refractivity contribution in [2.45, 2.75) is 44.4 Å². The van der Waals surface area contributed by atoms with E-state index < -0.39 is 16.8 Å². The first-order valence-electron chi connectivity index (χ1n) is 9.39. The normalized spacial score (nSPS) is 18.1. The first kappa shape index (κ1) is 20.2. The topological polar surface area (TPSA) is 60.4 Å². The summed E-state index contributed by atoms with van der Waals surface area (Å²) in [5.74, 6) is 0.385. The fraction of sp³-hybridized carbons (Fsp3) is 0.304. The van der Waals surface area contributed by atoms with Crippen LogP contribution in [0.1, 0.15) is 49.3 Å². The highest BCUT2D eigenvalue weighted by atomic mass is 32.2. The summed E-state index contributed by atoms with van der Waals surface area (Å²) in [5.41, 5.74) is 3.22. The molecule has 146 valence electrons. The fourth-order valence-electron chi connectivity index (χ4n) is 3.61. The van der Waals surface area contributed by atoms with Crippen LogP contribution in [0.3, 0.4) is 0 Å². The minimum Gasteiger partial charge on any atom is -0.430 e. The van der Waals surface area contributed by atoms with Gasteiger partial charge in [-0.25, -0.2) is 0 Å². The predicted molar refractivity (Wildman–Crippen MR) is 110 cm³/mol. The van der Waals surface area contributed by atoms with E-state index in [0.29, 0.717) is 29.9 Å². The summed E-state index contributed by atoms with van der Waals surface area (Å²) in [4.78, 5) is 25.5. The molecule has 2 aromatic rings. The molecular formula is C23H24O4S. The summed E-state index contributed by atoms with van der Waals surface area (Å²) in [6, 6.07) is 15.2. The Kier molecular flexibility index (Phi) is 6.25. The Balaban J connectivity index is 2.03. The number of ketones is 1. The molecule has 0 amide bonds. The van der Waals surface area contributed by atoms with Crippen molar-refractivity contribution in [3.05, 3.63) is 71.0 Å². The van der Waals surface area contributed by atoms with Crippen molar-refractivity contribution in [3.8, 4) is 0 Å². The van der Waals surface area contributed by atoms with Gasteiger partial charge >= 0.3 is 5.97 Å². The van der Waals surface area contributed by atoms with Gasteiger partial charge in [0.1, 0.15) is 5.76 Å². The average molecular weight is 397 g/mol. The van der Waals surface area contributed by atoms with Gasteiger partial charge in [0, 0.05) is 30.4 Å². The number of rotatable bonds is 5. The van der Waals surface area contributed by atoms with Crippen molar-refractivity contribution in [2.24, 2.45) is 0 Å². The van der Waals surface area contributed by atoms with Crippen molar-refractivity contribution < 1.29 is 18.5 Å². The van der Waals surface area contributed by atoms with Crippen LogP contribution in [0.25, 0.3) is 5.57 Å².